The third kappa shape index (κ3) is 5.03. The number of aliphatic hydroxyl groups excluding tert-OH is 1. The van der Waals surface area contributed by atoms with E-state index in [0.29, 0.717) is 23.4 Å². The topological polar surface area (TPSA) is 105 Å². The molecule has 1 fully saturated rings. The van der Waals surface area contributed by atoms with Crippen molar-refractivity contribution in [1.82, 2.24) is 19.8 Å². The monoisotopic (exact) mass is 546 g/mol. The van der Waals surface area contributed by atoms with Crippen LogP contribution in [0.4, 0.5) is 13.2 Å². The summed E-state index contributed by atoms with van der Waals surface area (Å²) in [7, 11) is -1.51. The molecule has 2 aliphatic rings. The fourth-order valence-corrected chi connectivity index (χ4v) is 6.44. The van der Waals surface area contributed by atoms with E-state index in [9.17, 15) is 32.1 Å². The molecule has 1 aromatic carbocycles. The van der Waals surface area contributed by atoms with E-state index < -0.39 is 55.5 Å². The minimum Gasteiger partial charge on any atom is -0.395 e. The average Bonchev–Trinajstić information content (AvgIpc) is 3.49. The Kier molecular flexibility index (Phi) is 6.99. The van der Waals surface area contributed by atoms with Gasteiger partial charge in [0.15, 0.2) is 11.5 Å². The molecule has 4 rings (SSSR count). The first-order chi connectivity index (χ1) is 16.8. The van der Waals surface area contributed by atoms with Crippen LogP contribution in [0.25, 0.3) is 0 Å². The Balaban J connectivity index is 1.58. The molecule has 2 aromatic rings. The van der Waals surface area contributed by atoms with Gasteiger partial charge in [-0.3, -0.25) is 13.8 Å². The number of carbonyl (C=O) groups excluding carboxylic acids is 2. The van der Waals surface area contributed by atoms with Gasteiger partial charge in [-0.15, -0.1) is 0 Å². The molecule has 36 heavy (non-hydrogen) atoms. The van der Waals surface area contributed by atoms with Crippen molar-refractivity contribution in [3.8, 4) is 0 Å². The summed E-state index contributed by atoms with van der Waals surface area (Å²) >= 11 is 5.84. The zero-order valence-electron chi connectivity index (χ0n) is 19.7. The summed E-state index contributed by atoms with van der Waals surface area (Å²) in [4.78, 5) is 30.8. The molecule has 0 saturated heterocycles. The first-order valence-corrected chi connectivity index (χ1v) is 12.8. The summed E-state index contributed by atoms with van der Waals surface area (Å²) in [5.41, 5.74) is -1.44. The number of rotatable bonds is 8. The van der Waals surface area contributed by atoms with Crippen LogP contribution in [0.3, 0.4) is 0 Å². The number of nitrogens with one attached hydrogen (secondary N) is 1. The van der Waals surface area contributed by atoms with Gasteiger partial charge in [0.25, 0.3) is 11.8 Å². The summed E-state index contributed by atoms with van der Waals surface area (Å²) in [6, 6.07) is 6.58. The van der Waals surface area contributed by atoms with E-state index in [-0.39, 0.29) is 32.8 Å². The molecule has 1 aliphatic heterocycles. The number of imidazole rings is 1. The number of hydrogen-bond acceptors (Lipinski definition) is 5. The largest absolute Gasteiger partial charge is 0.435 e. The lowest BCUT2D eigenvalue weighted by molar-refractivity contribution is -0.141. The Morgan fingerprint density at radius 2 is 1.86 bits per heavy atom. The second-order valence-electron chi connectivity index (χ2n) is 9.69. The van der Waals surface area contributed by atoms with Crippen molar-refractivity contribution in [1.29, 1.82) is 0 Å². The Morgan fingerprint density at radius 1 is 1.22 bits per heavy atom. The summed E-state index contributed by atoms with van der Waals surface area (Å²) in [5.74, 6) is -2.25. The number of nitrogens with zero attached hydrogens (tertiary/aromatic N) is 3. The summed E-state index contributed by atoms with van der Waals surface area (Å²) in [5, 5.41) is 12.6. The van der Waals surface area contributed by atoms with E-state index in [4.69, 9.17) is 11.6 Å². The predicted molar refractivity (Wildman–Crippen MR) is 127 cm³/mol. The van der Waals surface area contributed by atoms with Crippen LogP contribution in [-0.2, 0) is 30.1 Å². The van der Waals surface area contributed by atoms with Crippen LogP contribution in [0.15, 0.2) is 24.3 Å². The van der Waals surface area contributed by atoms with E-state index in [1.807, 2.05) is 0 Å². The number of benzene rings is 1. The molecule has 0 radical (unpaired) electrons. The number of hydrogen-bond donors (Lipinski definition) is 2. The molecule has 1 aromatic heterocycles. The second-order valence-corrected chi connectivity index (χ2v) is 12.6. The van der Waals surface area contributed by atoms with Gasteiger partial charge < -0.3 is 19.9 Å². The summed E-state index contributed by atoms with van der Waals surface area (Å²) in [6.45, 7) is 2.97. The minimum atomic E-state index is -4.95. The van der Waals surface area contributed by atoms with Crippen LogP contribution in [0.5, 0.6) is 0 Å². The van der Waals surface area contributed by atoms with Crippen LogP contribution in [0, 0.1) is 0 Å². The minimum absolute atomic E-state index is 0.00243. The van der Waals surface area contributed by atoms with Crippen molar-refractivity contribution in [3.63, 3.8) is 0 Å². The third-order valence-corrected chi connectivity index (χ3v) is 9.16. The smallest absolute Gasteiger partial charge is 0.395 e. The van der Waals surface area contributed by atoms with Crippen LogP contribution in [0.1, 0.15) is 59.1 Å². The maximum Gasteiger partial charge on any atom is 0.435 e. The Labute approximate surface area is 213 Å². The molecular formula is C23H26ClF3N4O4S. The predicted octanol–water partition coefficient (Wildman–Crippen LogP) is 2.99. The number of aromatic nitrogens is 2. The SMILES string of the molecule is CC(C)(CO)S(=O)C1(CN2CCn3c(C(=O)NCc4ccc(Cl)cc4)nc(C(F)(F)F)c3C2=O)CC1. The van der Waals surface area contributed by atoms with Crippen LogP contribution in [-0.4, -0.2) is 64.8 Å². The van der Waals surface area contributed by atoms with Gasteiger partial charge in [-0.25, -0.2) is 4.98 Å². The molecule has 0 bridgehead atoms. The number of aliphatic hydroxyl groups is 1. The van der Waals surface area contributed by atoms with Crippen molar-refractivity contribution in [2.75, 3.05) is 19.7 Å². The van der Waals surface area contributed by atoms with Gasteiger partial charge in [0.05, 0.1) is 16.1 Å². The van der Waals surface area contributed by atoms with Gasteiger partial charge in [-0.05, 0) is 44.4 Å². The van der Waals surface area contributed by atoms with Gasteiger partial charge in [0, 0.05) is 42.0 Å². The number of amides is 2. The van der Waals surface area contributed by atoms with E-state index in [2.05, 4.69) is 10.3 Å². The molecule has 13 heteroatoms. The van der Waals surface area contributed by atoms with E-state index in [1.165, 1.54) is 4.90 Å². The molecule has 1 aliphatic carbocycles. The fourth-order valence-electron chi connectivity index (χ4n) is 4.28. The third-order valence-electron chi connectivity index (χ3n) is 6.45. The Bertz CT molecular complexity index is 1210. The van der Waals surface area contributed by atoms with Gasteiger partial charge in [-0.2, -0.15) is 13.2 Å². The zero-order chi connectivity index (χ0) is 26.5. The lowest BCUT2D eigenvalue weighted by Gasteiger charge is -2.34. The molecular weight excluding hydrogens is 521 g/mol. The number of carbonyl (C=O) groups is 2. The van der Waals surface area contributed by atoms with Gasteiger partial charge >= 0.3 is 6.18 Å². The molecule has 2 amide bonds. The highest BCUT2D eigenvalue weighted by Crippen LogP contribution is 2.47. The lowest BCUT2D eigenvalue weighted by Crippen LogP contribution is -2.50. The first kappa shape index (κ1) is 26.6. The molecule has 196 valence electrons. The highest BCUT2D eigenvalue weighted by Gasteiger charge is 2.55. The van der Waals surface area contributed by atoms with Gasteiger partial charge in [-0.1, -0.05) is 23.7 Å². The van der Waals surface area contributed by atoms with Crippen molar-refractivity contribution in [3.05, 3.63) is 52.1 Å². The molecule has 1 atom stereocenters. The van der Waals surface area contributed by atoms with Crippen LogP contribution < -0.4 is 5.32 Å². The lowest BCUT2D eigenvalue weighted by atomic mass is 10.2. The van der Waals surface area contributed by atoms with Gasteiger partial charge in [0.1, 0.15) is 5.69 Å². The van der Waals surface area contributed by atoms with E-state index in [0.717, 1.165) is 4.57 Å². The number of alkyl halides is 3. The second kappa shape index (κ2) is 9.46. The summed E-state index contributed by atoms with van der Waals surface area (Å²) < 4.78 is 54.0. The first-order valence-electron chi connectivity index (χ1n) is 11.3. The average molecular weight is 547 g/mol. The molecule has 2 heterocycles. The normalized spacial score (nSPS) is 18.1. The molecule has 1 unspecified atom stereocenters. The Hall–Kier alpha value is -2.44. The zero-order valence-corrected chi connectivity index (χ0v) is 21.3. The van der Waals surface area contributed by atoms with Crippen LogP contribution in [0.2, 0.25) is 5.02 Å². The van der Waals surface area contributed by atoms with Crippen molar-refractivity contribution in [2.24, 2.45) is 0 Å². The highest BCUT2D eigenvalue weighted by atomic mass is 35.5. The van der Waals surface area contributed by atoms with E-state index in [1.54, 1.807) is 38.1 Å². The van der Waals surface area contributed by atoms with Crippen LogP contribution >= 0.6 is 11.6 Å². The maximum absolute atomic E-state index is 13.9. The number of halogens is 4. The van der Waals surface area contributed by atoms with E-state index >= 15 is 0 Å². The van der Waals surface area contributed by atoms with Crippen molar-refractivity contribution in [2.45, 2.75) is 55.4 Å². The van der Waals surface area contributed by atoms with Crippen molar-refractivity contribution >= 4 is 34.2 Å². The quantitative estimate of drug-likeness (QED) is 0.530. The van der Waals surface area contributed by atoms with Crippen molar-refractivity contribution < 1.29 is 32.1 Å². The highest BCUT2D eigenvalue weighted by molar-refractivity contribution is 7.88. The maximum atomic E-state index is 13.9. The number of fused-ring (bicyclic) bond motifs is 1. The Morgan fingerprint density at radius 3 is 2.42 bits per heavy atom. The molecule has 8 nitrogen and oxygen atoms in total. The molecule has 0 spiro atoms. The van der Waals surface area contributed by atoms with Gasteiger partial charge in [0.2, 0.25) is 0 Å². The standard InChI is InChI=1S/C23H26ClF3N4O4S/c1-21(2,13-32)36(35)22(7-8-22)12-30-9-10-31-16(20(30)34)17(23(25,26)27)29-18(31)19(33)28-11-14-3-5-15(24)6-4-14/h3-6,32H,7-13H2,1-2H3,(H,28,33). The summed E-state index contributed by atoms with van der Waals surface area (Å²) in [6.07, 6.45) is -3.88. The molecule has 2 N–H and O–H groups in total. The fraction of sp³-hybridized carbons (Fsp3) is 0.522. The molecule has 1 saturated carbocycles.